The molecule has 39 heavy (non-hydrogen) atoms. The number of halogens is 2. The highest BCUT2D eigenvalue weighted by molar-refractivity contribution is 7.88. The molecule has 0 spiro atoms. The molecule has 3 heterocycles. The van der Waals surface area contributed by atoms with E-state index in [4.69, 9.17) is 4.55 Å². The summed E-state index contributed by atoms with van der Waals surface area (Å²) in [6, 6.07) is 7.74. The van der Waals surface area contributed by atoms with Crippen LogP contribution in [0.1, 0.15) is 31.3 Å². The minimum atomic E-state index is -3.26. The van der Waals surface area contributed by atoms with Gasteiger partial charge in [-0.2, -0.15) is 4.98 Å². The summed E-state index contributed by atoms with van der Waals surface area (Å²) in [6.45, 7) is 1.20. The van der Waals surface area contributed by atoms with Crippen molar-refractivity contribution in [2.45, 2.75) is 38.3 Å². The number of pyridine rings is 1. The fourth-order valence-corrected chi connectivity index (χ4v) is 5.60. The van der Waals surface area contributed by atoms with Crippen LogP contribution in [0.15, 0.2) is 41.3 Å². The molecule has 1 atom stereocenters. The van der Waals surface area contributed by atoms with Crippen LogP contribution in [0.25, 0.3) is 11.0 Å². The highest BCUT2D eigenvalue weighted by Crippen LogP contribution is 2.22. The molecule has 1 unspecified atom stereocenters. The van der Waals surface area contributed by atoms with E-state index < -0.39 is 38.8 Å². The Labute approximate surface area is 226 Å². The molecule has 0 aliphatic carbocycles. The molecule has 212 valence electrons. The molecular weight excluding hydrogens is 556 g/mol. The Morgan fingerprint density at radius 2 is 1.92 bits per heavy atom. The van der Waals surface area contributed by atoms with Crippen molar-refractivity contribution < 1.29 is 26.0 Å². The Morgan fingerprint density at radius 1 is 1.21 bits per heavy atom. The average molecular weight is 586 g/mol. The molecule has 16 heteroatoms. The molecule has 1 aromatic carbocycles. The molecule has 4 rings (SSSR count). The molecule has 0 saturated carbocycles. The van der Waals surface area contributed by atoms with Gasteiger partial charge >= 0.3 is 0 Å². The lowest BCUT2D eigenvalue weighted by Gasteiger charge is -2.30. The van der Waals surface area contributed by atoms with Gasteiger partial charge in [-0.15, -0.1) is 0 Å². The molecule has 4 N–H and O–H groups in total. The van der Waals surface area contributed by atoms with E-state index in [2.05, 4.69) is 25.3 Å². The van der Waals surface area contributed by atoms with Crippen molar-refractivity contribution in [3.8, 4) is 0 Å². The maximum atomic E-state index is 13.6. The van der Waals surface area contributed by atoms with E-state index in [1.165, 1.54) is 21.3 Å². The van der Waals surface area contributed by atoms with Gasteiger partial charge in [0.1, 0.15) is 5.65 Å². The first-order valence-corrected chi connectivity index (χ1v) is 15.1. The summed E-state index contributed by atoms with van der Waals surface area (Å²) in [5.74, 6) is 0.224. The summed E-state index contributed by atoms with van der Waals surface area (Å²) in [5, 5.41) is 6.61. The van der Waals surface area contributed by atoms with Gasteiger partial charge in [-0.1, -0.05) is 6.07 Å². The second-order valence-corrected chi connectivity index (χ2v) is 11.8. The summed E-state index contributed by atoms with van der Waals surface area (Å²) in [6.07, 6.45) is 1.08. The van der Waals surface area contributed by atoms with Gasteiger partial charge in [0.05, 0.1) is 17.5 Å². The number of piperidine rings is 1. The zero-order valence-electron chi connectivity index (χ0n) is 21.0. The van der Waals surface area contributed by atoms with Gasteiger partial charge < -0.3 is 10.6 Å². The molecule has 1 fully saturated rings. The highest BCUT2D eigenvalue weighted by atomic mass is 32.2. The summed E-state index contributed by atoms with van der Waals surface area (Å²) < 4.78 is 75.6. The van der Waals surface area contributed by atoms with Gasteiger partial charge in [0.25, 0.3) is 23.3 Å². The number of sulfonamides is 1. The summed E-state index contributed by atoms with van der Waals surface area (Å²) in [7, 11) is -3.26. The minimum Gasteiger partial charge on any atom is -0.385 e. The minimum absolute atomic E-state index is 0.0846. The average Bonchev–Trinajstić information content (AvgIpc) is 2.87. The third kappa shape index (κ3) is 7.46. The number of nitrogens with zero attached hydrogens (tertiary/aromatic N) is 4. The van der Waals surface area contributed by atoms with Crippen molar-refractivity contribution in [2.75, 3.05) is 41.2 Å². The number of hydrogen-bond acceptors (Lipinski definition) is 8. The predicted octanol–water partition coefficient (Wildman–Crippen LogP) is 2.62. The molecule has 1 aliphatic rings. The van der Waals surface area contributed by atoms with Crippen molar-refractivity contribution >= 4 is 49.6 Å². The van der Waals surface area contributed by atoms with Gasteiger partial charge in [0.2, 0.25) is 16.0 Å². The molecule has 2 aromatic heterocycles. The third-order valence-electron chi connectivity index (χ3n) is 6.30. The molecule has 0 amide bonds. The number of fused-ring (bicyclic) bond motifs is 1. The van der Waals surface area contributed by atoms with E-state index in [9.17, 15) is 26.2 Å². The first-order valence-electron chi connectivity index (χ1n) is 12.1. The molecule has 1 saturated heterocycles. The van der Waals surface area contributed by atoms with Crippen LogP contribution in [0.3, 0.4) is 0 Å². The molecule has 0 bridgehead atoms. The van der Waals surface area contributed by atoms with E-state index in [0.29, 0.717) is 55.7 Å². The Balaban J connectivity index is 1.49. The number of rotatable bonds is 11. The number of anilines is 3. The standard InChI is InChI=1S/C23H29F2N7O5S2/c1-39(36,37)31-10-6-16(7-11-31)28-23-27-14-15-12-19(20(24)25)22(33)32(21(15)29-23)9-3-8-26-17-4-2-5-18(13-17)30-38(34)35/h2,4-5,12-14,16,20,26,30H,3,6-11H2,1H3,(H,34,35)(H,27,28,29). The second kappa shape index (κ2) is 12.3. The monoisotopic (exact) mass is 585 g/mol. The number of nitrogens with one attached hydrogen (secondary N) is 3. The highest BCUT2D eigenvalue weighted by Gasteiger charge is 2.25. The number of alkyl halides is 2. The van der Waals surface area contributed by atoms with Crippen molar-refractivity contribution in [3.05, 3.63) is 52.4 Å². The Morgan fingerprint density at radius 3 is 2.59 bits per heavy atom. The van der Waals surface area contributed by atoms with Crippen LogP contribution in [-0.2, 0) is 27.8 Å². The van der Waals surface area contributed by atoms with E-state index in [0.717, 1.165) is 6.07 Å². The van der Waals surface area contributed by atoms with Crippen LogP contribution in [-0.4, -0.2) is 68.0 Å². The maximum Gasteiger partial charge on any atom is 0.269 e. The molecule has 3 aromatic rings. The largest absolute Gasteiger partial charge is 0.385 e. The first kappa shape index (κ1) is 28.8. The topological polar surface area (TPSA) is 159 Å². The van der Waals surface area contributed by atoms with Crippen LogP contribution in [0.2, 0.25) is 0 Å². The summed E-state index contributed by atoms with van der Waals surface area (Å²) in [4.78, 5) is 21.6. The Hall–Kier alpha value is -3.21. The fraction of sp³-hybridized carbons (Fsp3) is 0.435. The lowest BCUT2D eigenvalue weighted by molar-refractivity contribution is 0.149. The lowest BCUT2D eigenvalue weighted by atomic mass is 10.1. The van der Waals surface area contributed by atoms with Crippen LogP contribution >= 0.6 is 0 Å². The number of hydrogen-bond donors (Lipinski definition) is 4. The first-order chi connectivity index (χ1) is 18.5. The van der Waals surface area contributed by atoms with E-state index in [-0.39, 0.29) is 24.2 Å². The summed E-state index contributed by atoms with van der Waals surface area (Å²) in [5.41, 5.74) is -0.151. The predicted molar refractivity (Wildman–Crippen MR) is 146 cm³/mol. The van der Waals surface area contributed by atoms with Crippen LogP contribution in [0.5, 0.6) is 0 Å². The van der Waals surface area contributed by atoms with Gasteiger partial charge in [0.15, 0.2) is 0 Å². The Kier molecular flexibility index (Phi) is 9.09. The van der Waals surface area contributed by atoms with E-state index in [1.54, 1.807) is 24.3 Å². The number of aryl methyl sites for hydroxylation is 1. The van der Waals surface area contributed by atoms with E-state index in [1.807, 2.05) is 0 Å². The molecule has 1 aliphatic heterocycles. The fourth-order valence-electron chi connectivity index (χ4n) is 4.39. The van der Waals surface area contributed by atoms with Gasteiger partial charge in [0, 0.05) is 49.5 Å². The van der Waals surface area contributed by atoms with E-state index >= 15 is 0 Å². The number of aromatic nitrogens is 3. The smallest absolute Gasteiger partial charge is 0.269 e. The van der Waals surface area contributed by atoms with Gasteiger partial charge in [-0.05, 0) is 43.5 Å². The lowest BCUT2D eigenvalue weighted by Crippen LogP contribution is -2.42. The Bertz CT molecular complexity index is 1510. The number of benzene rings is 1. The summed E-state index contributed by atoms with van der Waals surface area (Å²) >= 11 is -2.21. The molecular formula is C23H29F2N7O5S2. The second-order valence-electron chi connectivity index (χ2n) is 9.12. The SMILES string of the molecule is CS(=O)(=O)N1CCC(Nc2ncc3cc(C(F)F)c(=O)n(CCCNc4cccc(NS(=O)O)c4)c3n2)CC1. The zero-order valence-corrected chi connectivity index (χ0v) is 22.6. The third-order valence-corrected chi connectivity index (χ3v) is 8.01. The maximum absolute atomic E-state index is 13.6. The molecule has 0 radical (unpaired) electrons. The van der Waals surface area contributed by atoms with Crippen LogP contribution in [0, 0.1) is 0 Å². The van der Waals surface area contributed by atoms with Crippen molar-refractivity contribution in [1.82, 2.24) is 18.8 Å². The van der Waals surface area contributed by atoms with Crippen molar-refractivity contribution in [1.29, 1.82) is 0 Å². The van der Waals surface area contributed by atoms with Gasteiger partial charge in [-0.25, -0.2) is 30.7 Å². The molecule has 12 nitrogen and oxygen atoms in total. The van der Waals surface area contributed by atoms with Crippen LogP contribution in [0.4, 0.5) is 26.1 Å². The van der Waals surface area contributed by atoms with Crippen molar-refractivity contribution in [3.63, 3.8) is 0 Å². The zero-order chi connectivity index (χ0) is 28.2. The van der Waals surface area contributed by atoms with Crippen molar-refractivity contribution in [2.24, 2.45) is 0 Å². The van der Waals surface area contributed by atoms with Crippen LogP contribution < -0.4 is 20.9 Å². The normalized spacial score (nSPS) is 15.9. The quantitative estimate of drug-likeness (QED) is 0.196. The van der Waals surface area contributed by atoms with Gasteiger partial charge in [-0.3, -0.25) is 18.6 Å².